The van der Waals surface area contributed by atoms with Crippen LogP contribution in [0.4, 0.5) is 15.9 Å². The largest absolute Gasteiger partial charge is 0.385 e. The van der Waals surface area contributed by atoms with Crippen molar-refractivity contribution >= 4 is 39.7 Å². The summed E-state index contributed by atoms with van der Waals surface area (Å²) in [5, 5.41) is 3.78. The first-order valence-corrected chi connectivity index (χ1v) is 10.2. The molecule has 0 aliphatic carbocycles. The number of hydrogen-bond acceptors (Lipinski definition) is 5. The van der Waals surface area contributed by atoms with Gasteiger partial charge in [-0.1, -0.05) is 17.7 Å². The maximum Gasteiger partial charge on any atom is 0.150 e. The topological polar surface area (TPSA) is 71.5 Å². The van der Waals surface area contributed by atoms with Crippen molar-refractivity contribution in [2.24, 2.45) is 0 Å². The van der Waals surface area contributed by atoms with Crippen LogP contribution in [0.3, 0.4) is 0 Å². The third-order valence-corrected chi connectivity index (χ3v) is 5.39. The van der Waals surface area contributed by atoms with Crippen molar-refractivity contribution in [3.63, 3.8) is 0 Å². The molecular weight excluding hydrogens is 403 g/mol. The van der Waals surface area contributed by atoms with E-state index in [9.17, 15) is 4.39 Å². The molecule has 2 heterocycles. The molecule has 0 aliphatic rings. The monoisotopic (exact) mass is 426 g/mol. The van der Waals surface area contributed by atoms with Gasteiger partial charge in [-0.25, -0.2) is 14.4 Å². The van der Waals surface area contributed by atoms with Crippen LogP contribution in [0.25, 0.3) is 27.7 Å². The zero-order valence-corrected chi connectivity index (χ0v) is 17.7. The van der Waals surface area contributed by atoms with Crippen molar-refractivity contribution in [3.8, 4) is 11.1 Å². The van der Waals surface area contributed by atoms with Crippen LogP contribution in [-0.2, 0) is 0 Å². The third-order valence-electron chi connectivity index (χ3n) is 5.08. The van der Waals surface area contributed by atoms with Gasteiger partial charge >= 0.3 is 0 Å². The fourth-order valence-corrected chi connectivity index (χ4v) is 3.87. The highest BCUT2D eigenvalue weighted by Crippen LogP contribution is 2.37. The molecule has 8 heteroatoms. The van der Waals surface area contributed by atoms with Gasteiger partial charge in [-0.2, -0.15) is 0 Å². The molecule has 0 radical (unpaired) electrons. The molecule has 0 atom stereocenters. The van der Waals surface area contributed by atoms with E-state index in [4.69, 9.17) is 17.3 Å². The van der Waals surface area contributed by atoms with Crippen molar-refractivity contribution < 1.29 is 4.39 Å². The number of benzene rings is 2. The van der Waals surface area contributed by atoms with Crippen LogP contribution in [0.2, 0.25) is 5.02 Å². The Hall–Kier alpha value is -2.90. The van der Waals surface area contributed by atoms with E-state index in [-0.39, 0.29) is 0 Å². The van der Waals surface area contributed by atoms with Crippen LogP contribution in [0, 0.1) is 5.82 Å². The van der Waals surface area contributed by atoms with Crippen LogP contribution in [0.15, 0.2) is 42.9 Å². The fraction of sp³-hybridized carbons (Fsp3) is 0.273. The lowest BCUT2D eigenvalue weighted by Crippen LogP contribution is -2.14. The Morgan fingerprint density at radius 1 is 1.20 bits per heavy atom. The minimum Gasteiger partial charge on any atom is -0.385 e. The molecule has 156 valence electrons. The summed E-state index contributed by atoms with van der Waals surface area (Å²) in [6.07, 6.45) is 5.46. The Kier molecular flexibility index (Phi) is 5.74. The maximum atomic E-state index is 14.8. The van der Waals surface area contributed by atoms with Gasteiger partial charge < -0.3 is 16.0 Å². The van der Waals surface area contributed by atoms with Gasteiger partial charge in [-0.3, -0.25) is 4.40 Å². The van der Waals surface area contributed by atoms with E-state index in [1.54, 1.807) is 24.7 Å². The molecule has 0 aliphatic heterocycles. The van der Waals surface area contributed by atoms with Crippen molar-refractivity contribution in [2.75, 3.05) is 38.2 Å². The third kappa shape index (κ3) is 3.91. The molecule has 4 aromatic rings. The summed E-state index contributed by atoms with van der Waals surface area (Å²) >= 11 is 6.39. The van der Waals surface area contributed by atoms with Crippen molar-refractivity contribution in [3.05, 3.63) is 53.7 Å². The molecule has 0 spiro atoms. The second-order valence-corrected chi connectivity index (χ2v) is 7.98. The summed E-state index contributed by atoms with van der Waals surface area (Å²) in [5.74, 6) is -0.0730. The number of nitrogen functional groups attached to an aromatic ring is 1. The number of imidazole rings is 1. The maximum absolute atomic E-state index is 14.8. The van der Waals surface area contributed by atoms with Gasteiger partial charge in [0.05, 0.1) is 28.6 Å². The highest BCUT2D eigenvalue weighted by atomic mass is 35.5. The molecule has 6 nitrogen and oxygen atoms in total. The smallest absolute Gasteiger partial charge is 0.150 e. The lowest BCUT2D eigenvalue weighted by atomic mass is 10.0. The highest BCUT2D eigenvalue weighted by Gasteiger charge is 2.18. The predicted octanol–water partition coefficient (Wildman–Crippen LogP) is 4.68. The average molecular weight is 427 g/mol. The van der Waals surface area contributed by atoms with Gasteiger partial charge in [-0.15, -0.1) is 0 Å². The minimum atomic E-state index is -0.405. The number of aromatic nitrogens is 3. The van der Waals surface area contributed by atoms with E-state index in [2.05, 4.69) is 34.3 Å². The Bertz CT molecular complexity index is 1180. The van der Waals surface area contributed by atoms with Gasteiger partial charge in [0.2, 0.25) is 0 Å². The Labute approximate surface area is 179 Å². The first-order chi connectivity index (χ1) is 14.5. The second-order valence-electron chi connectivity index (χ2n) is 7.57. The number of anilines is 2. The predicted molar refractivity (Wildman–Crippen MR) is 122 cm³/mol. The van der Waals surface area contributed by atoms with Gasteiger partial charge in [0, 0.05) is 23.4 Å². The van der Waals surface area contributed by atoms with E-state index in [0.29, 0.717) is 33.0 Å². The molecule has 3 N–H and O–H groups in total. The van der Waals surface area contributed by atoms with E-state index < -0.39 is 5.82 Å². The molecule has 0 unspecified atom stereocenters. The van der Waals surface area contributed by atoms with Crippen LogP contribution >= 0.6 is 11.6 Å². The fourth-order valence-electron chi connectivity index (χ4n) is 3.61. The molecule has 0 bridgehead atoms. The number of nitrogens with two attached hydrogens (primary N) is 1. The number of nitrogens with one attached hydrogen (secondary N) is 1. The molecule has 2 aromatic heterocycles. The quantitative estimate of drug-likeness (QED) is 0.420. The average Bonchev–Trinajstić information content (AvgIpc) is 3.19. The van der Waals surface area contributed by atoms with E-state index in [0.717, 1.165) is 37.1 Å². The first-order valence-electron chi connectivity index (χ1n) is 9.84. The molecule has 4 rings (SSSR count). The zero-order valence-electron chi connectivity index (χ0n) is 17.0. The second kappa shape index (κ2) is 8.45. The normalized spacial score (nSPS) is 11.6. The number of hydrogen-bond donors (Lipinski definition) is 2. The van der Waals surface area contributed by atoms with Crippen LogP contribution in [0.1, 0.15) is 12.8 Å². The van der Waals surface area contributed by atoms with Crippen molar-refractivity contribution in [1.82, 2.24) is 19.3 Å². The summed E-state index contributed by atoms with van der Waals surface area (Å²) in [7, 11) is 4.13. The summed E-state index contributed by atoms with van der Waals surface area (Å²) in [4.78, 5) is 10.9. The van der Waals surface area contributed by atoms with Crippen LogP contribution < -0.4 is 11.1 Å². The number of fused-ring (bicyclic) bond motifs is 3. The van der Waals surface area contributed by atoms with Crippen LogP contribution in [-0.4, -0.2) is 46.5 Å². The Morgan fingerprint density at radius 3 is 2.80 bits per heavy atom. The molecule has 0 fully saturated rings. The zero-order chi connectivity index (χ0) is 21.3. The minimum absolute atomic E-state index is 0.312. The van der Waals surface area contributed by atoms with E-state index in [1.807, 2.05) is 16.5 Å². The van der Waals surface area contributed by atoms with Crippen molar-refractivity contribution in [1.29, 1.82) is 0 Å². The lowest BCUT2D eigenvalue weighted by Gasteiger charge is -2.15. The Balaban J connectivity index is 1.83. The SMILES string of the molecule is CN(C)CCCCNc1cc(-c2c(F)cccc2Cl)c2nc(N)c3cncn3c2c1. The number of nitrogens with zero attached hydrogens (tertiary/aromatic N) is 4. The molecule has 0 saturated heterocycles. The van der Waals surface area contributed by atoms with Gasteiger partial charge in [0.15, 0.2) is 0 Å². The molecule has 0 saturated carbocycles. The van der Waals surface area contributed by atoms with Gasteiger partial charge in [-0.05, 0) is 57.7 Å². The number of rotatable bonds is 7. The first kappa shape index (κ1) is 20.4. The lowest BCUT2D eigenvalue weighted by molar-refractivity contribution is 0.396. The van der Waals surface area contributed by atoms with Gasteiger partial charge in [0.1, 0.15) is 17.2 Å². The summed E-state index contributed by atoms with van der Waals surface area (Å²) < 4.78 is 16.7. The molecule has 2 aromatic carbocycles. The number of halogens is 2. The molecule has 30 heavy (non-hydrogen) atoms. The standard InChI is InChI=1S/C22H24ClFN6/c1-29(2)9-4-3-8-27-14-10-15(20-16(23)6-5-7-17(20)24)21-18(11-14)30-13-26-12-19(30)22(25)28-21/h5-7,10-13,27H,3-4,8-9H2,1-2H3,(H2,25,28). The van der Waals surface area contributed by atoms with Crippen molar-refractivity contribution in [2.45, 2.75) is 12.8 Å². The summed E-state index contributed by atoms with van der Waals surface area (Å²) in [6, 6.07) is 8.53. The van der Waals surface area contributed by atoms with Gasteiger partial charge in [0.25, 0.3) is 0 Å². The summed E-state index contributed by atoms with van der Waals surface area (Å²) in [6.45, 7) is 1.84. The Morgan fingerprint density at radius 2 is 2.03 bits per heavy atom. The highest BCUT2D eigenvalue weighted by molar-refractivity contribution is 6.33. The summed E-state index contributed by atoms with van der Waals surface area (Å²) in [5.41, 5.74) is 9.97. The van der Waals surface area contributed by atoms with Crippen LogP contribution in [0.5, 0.6) is 0 Å². The number of unbranched alkanes of at least 4 members (excludes halogenated alkanes) is 1. The molecular formula is C22H24ClFN6. The van der Waals surface area contributed by atoms with E-state index in [1.165, 1.54) is 6.07 Å². The molecule has 0 amide bonds. The van der Waals surface area contributed by atoms with E-state index >= 15 is 0 Å².